The summed E-state index contributed by atoms with van der Waals surface area (Å²) in [7, 11) is 0. The van der Waals surface area contributed by atoms with Gasteiger partial charge in [-0.15, -0.1) is 0 Å². The molecular weight excluding hydrogens is 275 g/mol. The predicted molar refractivity (Wildman–Crippen MR) is 65.8 cm³/mol. The van der Waals surface area contributed by atoms with Crippen LogP contribution in [0.2, 0.25) is 0 Å². The number of halogens is 2. The van der Waals surface area contributed by atoms with Gasteiger partial charge in [-0.2, -0.15) is 4.39 Å². The molecule has 1 aromatic rings. The van der Waals surface area contributed by atoms with Crippen molar-refractivity contribution in [1.82, 2.24) is 0 Å². The summed E-state index contributed by atoms with van der Waals surface area (Å²) in [5.41, 5.74) is 1.59. The van der Waals surface area contributed by atoms with E-state index in [-0.39, 0.29) is 6.61 Å². The molecule has 0 aliphatic heterocycles. The molecule has 0 aliphatic carbocycles. The Morgan fingerprint density at radius 1 is 1.56 bits per heavy atom. The zero-order chi connectivity index (χ0) is 12.1. The second-order valence-electron chi connectivity index (χ2n) is 3.41. The van der Waals surface area contributed by atoms with E-state index in [0.29, 0.717) is 11.5 Å². The Morgan fingerprint density at radius 2 is 2.25 bits per heavy atom. The largest absolute Gasteiger partial charge is 0.507 e. The molecule has 0 heterocycles. The van der Waals surface area contributed by atoms with Gasteiger partial charge in [0, 0.05) is 0 Å². The molecule has 16 heavy (non-hydrogen) atoms. The molecule has 0 spiro atoms. The molecule has 0 fully saturated rings. The van der Waals surface area contributed by atoms with Gasteiger partial charge in [-0.25, -0.2) is 0 Å². The number of phenolic OH excluding ortho intramolecular Hbond substituents is 1. The van der Waals surface area contributed by atoms with Crippen LogP contribution in [0.5, 0.6) is 11.5 Å². The fourth-order valence-corrected chi connectivity index (χ4v) is 1.50. The van der Waals surface area contributed by atoms with Crippen molar-refractivity contribution in [3.8, 4) is 11.5 Å². The lowest BCUT2D eigenvalue weighted by atomic mass is 10.1. The van der Waals surface area contributed by atoms with E-state index in [2.05, 4.69) is 15.9 Å². The van der Waals surface area contributed by atoms with E-state index in [9.17, 15) is 9.50 Å². The maximum absolute atomic E-state index is 12.4. The van der Waals surface area contributed by atoms with E-state index < -0.39 is 4.74 Å². The van der Waals surface area contributed by atoms with Gasteiger partial charge in [0.25, 0.3) is 0 Å². The first kappa shape index (κ1) is 13.0. The van der Waals surface area contributed by atoms with Gasteiger partial charge in [0.1, 0.15) is 18.1 Å². The number of ether oxygens (including phenoxy) is 1. The van der Waals surface area contributed by atoms with Crippen LogP contribution >= 0.6 is 15.9 Å². The molecule has 1 rings (SSSR count). The van der Waals surface area contributed by atoms with Crippen molar-refractivity contribution in [2.24, 2.45) is 0 Å². The second-order valence-corrected chi connectivity index (χ2v) is 4.16. The number of hydrogen-bond acceptors (Lipinski definition) is 2. The summed E-state index contributed by atoms with van der Waals surface area (Å²) in [6.07, 6.45) is 2.01. The first-order valence-corrected chi connectivity index (χ1v) is 5.80. The van der Waals surface area contributed by atoms with Gasteiger partial charge >= 0.3 is 0 Å². The summed E-state index contributed by atoms with van der Waals surface area (Å²) in [5.74, 6) is 0.939. The van der Waals surface area contributed by atoms with Crippen molar-refractivity contribution in [3.63, 3.8) is 0 Å². The van der Waals surface area contributed by atoms with Crippen LogP contribution in [0.25, 0.3) is 0 Å². The van der Waals surface area contributed by atoms with E-state index in [1.165, 1.54) is 6.08 Å². The summed E-state index contributed by atoms with van der Waals surface area (Å²) < 4.78 is 17.2. The number of rotatable bonds is 4. The minimum absolute atomic E-state index is 0.157. The van der Waals surface area contributed by atoms with Crippen LogP contribution in [0.4, 0.5) is 4.39 Å². The third-order valence-electron chi connectivity index (χ3n) is 2.22. The van der Waals surface area contributed by atoms with E-state index in [1.54, 1.807) is 12.1 Å². The molecule has 0 unspecified atom stereocenters. The highest BCUT2D eigenvalue weighted by Crippen LogP contribution is 2.28. The van der Waals surface area contributed by atoms with Gasteiger partial charge in [-0.1, -0.05) is 6.92 Å². The van der Waals surface area contributed by atoms with Crippen LogP contribution in [0.1, 0.15) is 18.1 Å². The number of benzene rings is 1. The van der Waals surface area contributed by atoms with Gasteiger partial charge in [0.15, 0.2) is 4.74 Å². The van der Waals surface area contributed by atoms with Gasteiger partial charge in [0.2, 0.25) is 0 Å². The maximum Gasteiger partial charge on any atom is 0.165 e. The first-order valence-electron chi connectivity index (χ1n) is 5.01. The summed E-state index contributed by atoms with van der Waals surface area (Å²) in [4.78, 5) is 0. The SMILES string of the molecule is CCc1cc(OC/C=C(/F)Br)cc(C)c1O. The Balaban J connectivity index is 2.82. The van der Waals surface area contributed by atoms with Crippen molar-refractivity contribution >= 4 is 15.9 Å². The van der Waals surface area contributed by atoms with Crippen LogP contribution in [0.15, 0.2) is 22.9 Å². The van der Waals surface area contributed by atoms with E-state index >= 15 is 0 Å². The molecule has 1 aromatic carbocycles. The molecule has 0 amide bonds. The Morgan fingerprint density at radius 3 is 2.81 bits per heavy atom. The molecule has 0 saturated carbocycles. The van der Waals surface area contributed by atoms with Crippen molar-refractivity contribution in [2.75, 3.05) is 6.61 Å². The van der Waals surface area contributed by atoms with Gasteiger partial charge in [-0.05, 0) is 58.6 Å². The molecule has 88 valence electrons. The Kier molecular flexibility index (Phi) is 4.80. The number of hydrogen-bond donors (Lipinski definition) is 1. The van der Waals surface area contributed by atoms with Crippen molar-refractivity contribution in [3.05, 3.63) is 34.1 Å². The third-order valence-corrected chi connectivity index (χ3v) is 2.55. The lowest BCUT2D eigenvalue weighted by Gasteiger charge is -2.09. The fraction of sp³-hybridized carbons (Fsp3) is 0.333. The van der Waals surface area contributed by atoms with Crippen molar-refractivity contribution in [1.29, 1.82) is 0 Å². The Hall–Kier alpha value is -1.03. The fourth-order valence-electron chi connectivity index (χ4n) is 1.37. The molecular formula is C12H14BrFO2. The highest BCUT2D eigenvalue weighted by atomic mass is 79.9. The number of phenols is 1. The minimum Gasteiger partial charge on any atom is -0.507 e. The quantitative estimate of drug-likeness (QED) is 0.912. The minimum atomic E-state index is -0.446. The highest BCUT2D eigenvalue weighted by molar-refractivity contribution is 9.11. The molecule has 4 heteroatoms. The highest BCUT2D eigenvalue weighted by Gasteiger charge is 2.05. The monoisotopic (exact) mass is 288 g/mol. The predicted octanol–water partition coefficient (Wildman–Crippen LogP) is 3.85. The number of aryl methyl sites for hydroxylation is 2. The summed E-state index contributed by atoms with van der Waals surface area (Å²) in [6, 6.07) is 3.50. The van der Waals surface area contributed by atoms with Crippen LogP contribution in [0, 0.1) is 6.92 Å². The van der Waals surface area contributed by atoms with Crippen LogP contribution in [0.3, 0.4) is 0 Å². The molecule has 0 aliphatic rings. The average molecular weight is 289 g/mol. The van der Waals surface area contributed by atoms with Crippen molar-refractivity contribution in [2.45, 2.75) is 20.3 Å². The smallest absolute Gasteiger partial charge is 0.165 e. The molecule has 0 atom stereocenters. The summed E-state index contributed by atoms with van der Waals surface area (Å²) in [5, 5.41) is 9.70. The van der Waals surface area contributed by atoms with E-state index in [4.69, 9.17) is 4.74 Å². The topological polar surface area (TPSA) is 29.5 Å². The second kappa shape index (κ2) is 5.89. The van der Waals surface area contributed by atoms with Gasteiger partial charge in [-0.3, -0.25) is 0 Å². The lowest BCUT2D eigenvalue weighted by molar-refractivity contribution is 0.358. The average Bonchev–Trinajstić information content (AvgIpc) is 2.22. The molecule has 0 aromatic heterocycles. The number of aromatic hydroxyl groups is 1. The van der Waals surface area contributed by atoms with E-state index in [1.807, 2.05) is 13.8 Å². The lowest BCUT2D eigenvalue weighted by Crippen LogP contribution is -1.96. The zero-order valence-electron chi connectivity index (χ0n) is 9.26. The van der Waals surface area contributed by atoms with E-state index in [0.717, 1.165) is 17.5 Å². The van der Waals surface area contributed by atoms with Gasteiger partial charge < -0.3 is 9.84 Å². The standard InChI is InChI=1S/C12H14BrFO2/c1-3-9-7-10(6-8(2)12(9)15)16-5-4-11(13)14/h4,6-7,15H,3,5H2,1-2H3/b11-4+. The first-order chi connectivity index (χ1) is 7.54. The van der Waals surface area contributed by atoms with Crippen LogP contribution in [-0.2, 0) is 6.42 Å². The van der Waals surface area contributed by atoms with Crippen LogP contribution in [-0.4, -0.2) is 11.7 Å². The zero-order valence-corrected chi connectivity index (χ0v) is 10.8. The van der Waals surface area contributed by atoms with Crippen LogP contribution < -0.4 is 4.74 Å². The normalized spacial score (nSPS) is 11.6. The molecule has 0 saturated heterocycles. The Labute approximate surface area is 103 Å². The third kappa shape index (κ3) is 3.52. The molecule has 2 nitrogen and oxygen atoms in total. The summed E-state index contributed by atoms with van der Waals surface area (Å²) in [6.45, 7) is 3.92. The molecule has 1 N–H and O–H groups in total. The van der Waals surface area contributed by atoms with Crippen molar-refractivity contribution < 1.29 is 14.2 Å². The molecule has 0 radical (unpaired) electrons. The maximum atomic E-state index is 12.4. The summed E-state index contributed by atoms with van der Waals surface area (Å²) >= 11 is 2.68. The Bertz CT molecular complexity index is 398. The van der Waals surface area contributed by atoms with Gasteiger partial charge in [0.05, 0.1) is 0 Å². The molecule has 0 bridgehead atoms.